The lowest BCUT2D eigenvalue weighted by molar-refractivity contribution is 0.165. The quantitative estimate of drug-likeness (QED) is 0.857. The summed E-state index contributed by atoms with van der Waals surface area (Å²) in [6.07, 6.45) is -0.224. The second-order valence-corrected chi connectivity index (χ2v) is 5.61. The van der Waals surface area contributed by atoms with Gasteiger partial charge in [0.05, 0.1) is 6.10 Å². The number of hydrogen-bond donors (Lipinski definition) is 2. The summed E-state index contributed by atoms with van der Waals surface area (Å²) in [6.45, 7) is 2.18. The number of benzene rings is 1. The molecule has 0 radical (unpaired) electrons. The van der Waals surface area contributed by atoms with E-state index < -0.39 is 17.7 Å². The highest BCUT2D eigenvalue weighted by atomic mass is 32.1. The largest absolute Gasteiger partial charge is 0.387 e. The Morgan fingerprint density at radius 1 is 1.30 bits per heavy atom. The van der Waals surface area contributed by atoms with Crippen LogP contribution in [0.15, 0.2) is 35.0 Å². The van der Waals surface area contributed by atoms with E-state index in [-0.39, 0.29) is 18.2 Å². The Morgan fingerprint density at radius 3 is 2.80 bits per heavy atom. The standard InChI is InChI=1S/C15H17F2NOS/c1-10(6-11-4-5-20-9-11)18-8-15(19)13-7-12(16)2-3-14(13)17/h2-5,7,9-10,15,18-19H,6,8H2,1H3. The summed E-state index contributed by atoms with van der Waals surface area (Å²) in [5.41, 5.74) is 1.21. The maximum absolute atomic E-state index is 13.5. The molecule has 2 nitrogen and oxygen atoms in total. The first-order valence-electron chi connectivity index (χ1n) is 6.43. The normalized spacial score (nSPS) is 14.2. The predicted molar refractivity (Wildman–Crippen MR) is 76.8 cm³/mol. The number of thiophene rings is 1. The summed E-state index contributed by atoms with van der Waals surface area (Å²) in [7, 11) is 0. The number of aliphatic hydroxyl groups is 1. The first-order valence-corrected chi connectivity index (χ1v) is 7.38. The first kappa shape index (κ1) is 15.1. The van der Waals surface area contributed by atoms with Crippen LogP contribution >= 0.6 is 11.3 Å². The van der Waals surface area contributed by atoms with Gasteiger partial charge in [-0.05, 0) is 53.9 Å². The van der Waals surface area contributed by atoms with Crippen LogP contribution in [0.2, 0.25) is 0 Å². The lowest BCUT2D eigenvalue weighted by Gasteiger charge is -2.17. The van der Waals surface area contributed by atoms with E-state index in [0.717, 1.165) is 24.6 Å². The van der Waals surface area contributed by atoms with Crippen molar-refractivity contribution >= 4 is 11.3 Å². The molecule has 2 rings (SSSR count). The van der Waals surface area contributed by atoms with Crippen LogP contribution in [0.1, 0.15) is 24.2 Å². The van der Waals surface area contributed by atoms with Gasteiger partial charge in [-0.1, -0.05) is 0 Å². The molecule has 108 valence electrons. The van der Waals surface area contributed by atoms with E-state index in [1.165, 1.54) is 5.56 Å². The highest BCUT2D eigenvalue weighted by molar-refractivity contribution is 7.07. The summed E-state index contributed by atoms with van der Waals surface area (Å²) < 4.78 is 26.6. The third-order valence-corrected chi connectivity index (χ3v) is 3.83. The molecule has 0 fully saturated rings. The van der Waals surface area contributed by atoms with Crippen LogP contribution in [0.25, 0.3) is 0 Å². The maximum atomic E-state index is 13.5. The van der Waals surface area contributed by atoms with E-state index in [1.54, 1.807) is 11.3 Å². The first-order chi connectivity index (χ1) is 9.56. The molecule has 2 N–H and O–H groups in total. The van der Waals surface area contributed by atoms with E-state index >= 15 is 0 Å². The SMILES string of the molecule is CC(Cc1ccsc1)NCC(O)c1cc(F)ccc1F. The Morgan fingerprint density at radius 2 is 2.10 bits per heavy atom. The van der Waals surface area contributed by atoms with E-state index in [1.807, 2.05) is 18.4 Å². The van der Waals surface area contributed by atoms with Crippen LogP contribution in [-0.2, 0) is 6.42 Å². The zero-order chi connectivity index (χ0) is 14.5. The molecule has 0 spiro atoms. The zero-order valence-electron chi connectivity index (χ0n) is 11.1. The summed E-state index contributed by atoms with van der Waals surface area (Å²) in [5, 5.41) is 17.1. The highest BCUT2D eigenvalue weighted by Gasteiger charge is 2.15. The van der Waals surface area contributed by atoms with Gasteiger partial charge in [0.15, 0.2) is 0 Å². The van der Waals surface area contributed by atoms with Crippen molar-refractivity contribution in [2.24, 2.45) is 0 Å². The smallest absolute Gasteiger partial charge is 0.129 e. The highest BCUT2D eigenvalue weighted by Crippen LogP contribution is 2.18. The minimum Gasteiger partial charge on any atom is -0.387 e. The van der Waals surface area contributed by atoms with Gasteiger partial charge < -0.3 is 10.4 Å². The average molecular weight is 297 g/mol. The fourth-order valence-corrected chi connectivity index (χ4v) is 2.71. The van der Waals surface area contributed by atoms with Gasteiger partial charge in [0, 0.05) is 18.2 Å². The lowest BCUT2D eigenvalue weighted by Crippen LogP contribution is -2.32. The molecular formula is C15H17F2NOS. The predicted octanol–water partition coefficient (Wildman–Crippen LogP) is 3.28. The average Bonchev–Trinajstić information content (AvgIpc) is 2.91. The number of aliphatic hydroxyl groups excluding tert-OH is 1. The Balaban J connectivity index is 1.88. The molecule has 0 aliphatic carbocycles. The van der Waals surface area contributed by atoms with Crippen LogP contribution in [0.3, 0.4) is 0 Å². The third kappa shape index (κ3) is 4.10. The van der Waals surface area contributed by atoms with Crippen molar-refractivity contribution in [3.05, 3.63) is 57.8 Å². The molecule has 1 heterocycles. The summed E-state index contributed by atoms with van der Waals surface area (Å²) in [5.74, 6) is -1.14. The summed E-state index contributed by atoms with van der Waals surface area (Å²) in [6, 6.07) is 5.30. The van der Waals surface area contributed by atoms with E-state index in [9.17, 15) is 13.9 Å². The van der Waals surface area contributed by atoms with Gasteiger partial charge in [-0.25, -0.2) is 8.78 Å². The number of hydrogen-bond acceptors (Lipinski definition) is 3. The molecular weight excluding hydrogens is 280 g/mol. The minimum atomic E-state index is -1.06. The molecule has 2 aromatic rings. The molecule has 0 bridgehead atoms. The number of rotatable bonds is 6. The van der Waals surface area contributed by atoms with Crippen molar-refractivity contribution in [2.45, 2.75) is 25.5 Å². The van der Waals surface area contributed by atoms with Crippen LogP contribution in [0, 0.1) is 11.6 Å². The van der Waals surface area contributed by atoms with E-state index in [4.69, 9.17) is 0 Å². The molecule has 5 heteroatoms. The third-order valence-electron chi connectivity index (χ3n) is 3.10. The van der Waals surface area contributed by atoms with Gasteiger partial charge in [-0.15, -0.1) is 0 Å². The fourth-order valence-electron chi connectivity index (χ4n) is 2.03. The van der Waals surface area contributed by atoms with Gasteiger partial charge in [0.1, 0.15) is 11.6 Å². The fraction of sp³-hybridized carbons (Fsp3) is 0.333. The molecule has 20 heavy (non-hydrogen) atoms. The molecule has 0 aliphatic rings. The summed E-state index contributed by atoms with van der Waals surface area (Å²) in [4.78, 5) is 0. The molecule has 0 saturated carbocycles. The van der Waals surface area contributed by atoms with Gasteiger partial charge >= 0.3 is 0 Å². The number of nitrogens with one attached hydrogen (secondary N) is 1. The van der Waals surface area contributed by atoms with Crippen molar-refractivity contribution in [1.82, 2.24) is 5.32 Å². The minimum absolute atomic E-state index is 0.0137. The number of halogens is 2. The van der Waals surface area contributed by atoms with Gasteiger partial charge in [-0.3, -0.25) is 0 Å². The van der Waals surface area contributed by atoms with Crippen molar-refractivity contribution in [1.29, 1.82) is 0 Å². The topological polar surface area (TPSA) is 32.3 Å². The van der Waals surface area contributed by atoms with Crippen LogP contribution < -0.4 is 5.32 Å². The van der Waals surface area contributed by atoms with Crippen LogP contribution in [0.5, 0.6) is 0 Å². The van der Waals surface area contributed by atoms with Gasteiger partial charge in [-0.2, -0.15) is 11.3 Å². The molecule has 0 aliphatic heterocycles. The zero-order valence-corrected chi connectivity index (χ0v) is 12.0. The molecule has 2 unspecified atom stereocenters. The van der Waals surface area contributed by atoms with Crippen molar-refractivity contribution in [2.75, 3.05) is 6.54 Å². The lowest BCUT2D eigenvalue weighted by atomic mass is 10.1. The Bertz CT molecular complexity index is 545. The molecule has 1 aromatic heterocycles. The Labute approximate surface area is 121 Å². The van der Waals surface area contributed by atoms with E-state index in [0.29, 0.717) is 0 Å². The second-order valence-electron chi connectivity index (χ2n) is 4.83. The second kappa shape index (κ2) is 6.92. The summed E-state index contributed by atoms with van der Waals surface area (Å²) >= 11 is 1.64. The maximum Gasteiger partial charge on any atom is 0.129 e. The van der Waals surface area contributed by atoms with Crippen molar-refractivity contribution in [3.8, 4) is 0 Å². The molecule has 0 saturated heterocycles. The molecule has 0 amide bonds. The Hall–Kier alpha value is -1.30. The Kier molecular flexibility index (Phi) is 5.23. The monoisotopic (exact) mass is 297 g/mol. The van der Waals surface area contributed by atoms with Crippen LogP contribution in [-0.4, -0.2) is 17.7 Å². The van der Waals surface area contributed by atoms with Gasteiger partial charge in [0.25, 0.3) is 0 Å². The molecule has 1 aromatic carbocycles. The van der Waals surface area contributed by atoms with Crippen molar-refractivity contribution in [3.63, 3.8) is 0 Å². The molecule has 2 atom stereocenters. The van der Waals surface area contributed by atoms with E-state index in [2.05, 4.69) is 10.7 Å². The van der Waals surface area contributed by atoms with Crippen molar-refractivity contribution < 1.29 is 13.9 Å². The van der Waals surface area contributed by atoms with Crippen LogP contribution in [0.4, 0.5) is 8.78 Å². The van der Waals surface area contributed by atoms with Gasteiger partial charge in [0.2, 0.25) is 0 Å².